The second kappa shape index (κ2) is 6.91. The van der Waals surface area contributed by atoms with Crippen LogP contribution in [-0.4, -0.2) is 23.5 Å². The van der Waals surface area contributed by atoms with Gasteiger partial charge in [0, 0.05) is 16.5 Å². The highest BCUT2D eigenvalue weighted by Crippen LogP contribution is 2.32. The molecule has 0 aliphatic heterocycles. The Kier molecular flexibility index (Phi) is 5.20. The van der Waals surface area contributed by atoms with E-state index in [4.69, 9.17) is 17.3 Å². The Bertz CT molecular complexity index is 535. The van der Waals surface area contributed by atoms with Gasteiger partial charge in [-0.25, -0.2) is 4.79 Å². The fourth-order valence-corrected chi connectivity index (χ4v) is 3.14. The SMILES string of the molecule is NCC1CCCC1C(=O)N[C@@H](C(=O)O)c1ccccc1Cl. The Balaban J connectivity index is 2.16. The van der Waals surface area contributed by atoms with E-state index in [0.717, 1.165) is 19.3 Å². The van der Waals surface area contributed by atoms with E-state index in [2.05, 4.69) is 5.32 Å². The van der Waals surface area contributed by atoms with Crippen LogP contribution < -0.4 is 11.1 Å². The molecule has 3 atom stereocenters. The number of hydrogen-bond acceptors (Lipinski definition) is 3. The third kappa shape index (κ3) is 3.54. The van der Waals surface area contributed by atoms with Gasteiger partial charge >= 0.3 is 5.97 Å². The average molecular weight is 311 g/mol. The second-order valence-electron chi connectivity index (χ2n) is 5.33. The predicted molar refractivity (Wildman–Crippen MR) is 79.9 cm³/mol. The van der Waals surface area contributed by atoms with Gasteiger partial charge < -0.3 is 16.2 Å². The molecule has 1 amide bonds. The molecule has 5 nitrogen and oxygen atoms in total. The van der Waals surface area contributed by atoms with Crippen molar-refractivity contribution >= 4 is 23.5 Å². The third-order valence-electron chi connectivity index (χ3n) is 4.05. The molecule has 1 aliphatic rings. The Morgan fingerprint density at radius 2 is 2.10 bits per heavy atom. The zero-order valence-electron chi connectivity index (χ0n) is 11.6. The van der Waals surface area contributed by atoms with Crippen molar-refractivity contribution in [2.75, 3.05) is 6.54 Å². The van der Waals surface area contributed by atoms with Gasteiger partial charge in [-0.3, -0.25) is 4.79 Å². The molecule has 0 radical (unpaired) electrons. The van der Waals surface area contributed by atoms with Crippen LogP contribution in [0.4, 0.5) is 0 Å². The summed E-state index contributed by atoms with van der Waals surface area (Å²) in [5.74, 6) is -1.46. The van der Waals surface area contributed by atoms with Crippen molar-refractivity contribution in [3.8, 4) is 0 Å². The normalized spacial score (nSPS) is 22.8. The Labute approximate surface area is 128 Å². The maximum absolute atomic E-state index is 12.3. The van der Waals surface area contributed by atoms with E-state index >= 15 is 0 Å². The Morgan fingerprint density at radius 3 is 2.71 bits per heavy atom. The molecule has 114 valence electrons. The lowest BCUT2D eigenvalue weighted by Crippen LogP contribution is -2.40. The van der Waals surface area contributed by atoms with Gasteiger partial charge in [0.05, 0.1) is 0 Å². The number of benzene rings is 1. The fraction of sp³-hybridized carbons (Fsp3) is 0.467. The number of carboxylic acid groups (broad SMARTS) is 1. The zero-order valence-corrected chi connectivity index (χ0v) is 12.3. The minimum Gasteiger partial charge on any atom is -0.479 e. The number of aliphatic carboxylic acids is 1. The van der Waals surface area contributed by atoms with Gasteiger partial charge in [0.1, 0.15) is 0 Å². The van der Waals surface area contributed by atoms with E-state index in [1.165, 1.54) is 0 Å². The predicted octanol–water partition coefficient (Wildman–Crippen LogP) is 1.96. The molecule has 1 aliphatic carbocycles. The number of halogens is 1. The molecular formula is C15H19ClN2O3. The van der Waals surface area contributed by atoms with Gasteiger partial charge in [-0.1, -0.05) is 36.2 Å². The van der Waals surface area contributed by atoms with Crippen molar-refractivity contribution < 1.29 is 14.7 Å². The maximum Gasteiger partial charge on any atom is 0.330 e. The van der Waals surface area contributed by atoms with Crippen molar-refractivity contribution in [1.82, 2.24) is 5.32 Å². The summed E-state index contributed by atoms with van der Waals surface area (Å²) >= 11 is 6.03. The number of hydrogen-bond donors (Lipinski definition) is 3. The number of carbonyl (C=O) groups is 2. The van der Waals surface area contributed by atoms with Crippen LogP contribution in [0.5, 0.6) is 0 Å². The molecule has 2 rings (SSSR count). The lowest BCUT2D eigenvalue weighted by Gasteiger charge is -2.21. The summed E-state index contributed by atoms with van der Waals surface area (Å²) in [5.41, 5.74) is 6.06. The lowest BCUT2D eigenvalue weighted by molar-refractivity contribution is -0.142. The maximum atomic E-state index is 12.3. The van der Waals surface area contributed by atoms with Gasteiger partial charge in [0.2, 0.25) is 5.91 Å². The molecule has 1 aromatic rings. The van der Waals surface area contributed by atoms with Crippen molar-refractivity contribution in [3.63, 3.8) is 0 Å². The standard InChI is InChI=1S/C15H19ClN2O3/c16-12-7-2-1-5-11(12)13(15(20)21)18-14(19)10-6-3-4-9(10)8-17/h1-2,5,7,9-10,13H,3-4,6,8,17H2,(H,18,19)(H,20,21)/t9?,10?,13-/m1/s1. The van der Waals surface area contributed by atoms with Crippen LogP contribution in [-0.2, 0) is 9.59 Å². The molecule has 0 saturated heterocycles. The van der Waals surface area contributed by atoms with Gasteiger partial charge in [-0.05, 0) is 31.4 Å². The first-order chi connectivity index (χ1) is 10.0. The molecule has 2 unspecified atom stereocenters. The van der Waals surface area contributed by atoms with E-state index in [9.17, 15) is 14.7 Å². The van der Waals surface area contributed by atoms with Crippen molar-refractivity contribution in [3.05, 3.63) is 34.9 Å². The van der Waals surface area contributed by atoms with Crippen LogP contribution in [0.3, 0.4) is 0 Å². The molecule has 1 fully saturated rings. The molecule has 0 aromatic heterocycles. The van der Waals surface area contributed by atoms with Crippen molar-refractivity contribution in [1.29, 1.82) is 0 Å². The number of rotatable bonds is 5. The molecule has 0 bridgehead atoms. The number of amides is 1. The number of nitrogens with one attached hydrogen (secondary N) is 1. The summed E-state index contributed by atoms with van der Waals surface area (Å²) in [5, 5.41) is 12.3. The summed E-state index contributed by atoms with van der Waals surface area (Å²) in [6.45, 7) is 0.446. The Morgan fingerprint density at radius 1 is 1.38 bits per heavy atom. The highest BCUT2D eigenvalue weighted by Gasteiger charge is 2.34. The molecule has 1 saturated carbocycles. The van der Waals surface area contributed by atoms with Crippen LogP contribution in [0.15, 0.2) is 24.3 Å². The van der Waals surface area contributed by atoms with E-state index in [1.54, 1.807) is 24.3 Å². The third-order valence-corrected chi connectivity index (χ3v) is 4.39. The van der Waals surface area contributed by atoms with Crippen LogP contribution in [0.1, 0.15) is 30.9 Å². The highest BCUT2D eigenvalue weighted by molar-refractivity contribution is 6.31. The largest absolute Gasteiger partial charge is 0.479 e. The molecule has 6 heteroatoms. The summed E-state index contributed by atoms with van der Waals surface area (Å²) in [7, 11) is 0. The van der Waals surface area contributed by atoms with Crippen molar-refractivity contribution in [2.24, 2.45) is 17.6 Å². The van der Waals surface area contributed by atoms with Crippen LogP contribution in [0.2, 0.25) is 5.02 Å². The molecule has 21 heavy (non-hydrogen) atoms. The Hall–Kier alpha value is -1.59. The van der Waals surface area contributed by atoms with E-state index in [1.807, 2.05) is 0 Å². The van der Waals surface area contributed by atoms with Crippen LogP contribution >= 0.6 is 11.6 Å². The van der Waals surface area contributed by atoms with Gasteiger partial charge in [-0.15, -0.1) is 0 Å². The fourth-order valence-electron chi connectivity index (χ4n) is 2.90. The number of carboxylic acids is 1. The second-order valence-corrected chi connectivity index (χ2v) is 5.74. The lowest BCUT2D eigenvalue weighted by atomic mass is 9.94. The van der Waals surface area contributed by atoms with Gasteiger partial charge in [0.25, 0.3) is 0 Å². The average Bonchev–Trinajstić information content (AvgIpc) is 2.93. The molecule has 0 spiro atoms. The van der Waals surface area contributed by atoms with E-state index < -0.39 is 12.0 Å². The minimum absolute atomic E-state index is 0.130. The topological polar surface area (TPSA) is 92.4 Å². The summed E-state index contributed by atoms with van der Waals surface area (Å²) in [6, 6.07) is 5.49. The summed E-state index contributed by atoms with van der Waals surface area (Å²) in [4.78, 5) is 23.8. The van der Waals surface area contributed by atoms with Crippen molar-refractivity contribution in [2.45, 2.75) is 25.3 Å². The van der Waals surface area contributed by atoms with Gasteiger partial charge in [0.15, 0.2) is 6.04 Å². The summed E-state index contributed by atoms with van der Waals surface area (Å²) in [6.07, 6.45) is 2.62. The minimum atomic E-state index is -1.13. The molecule has 4 N–H and O–H groups in total. The molecule has 0 heterocycles. The summed E-state index contributed by atoms with van der Waals surface area (Å²) < 4.78 is 0. The number of nitrogens with two attached hydrogens (primary N) is 1. The first-order valence-electron chi connectivity index (χ1n) is 7.02. The first-order valence-corrected chi connectivity index (χ1v) is 7.40. The first kappa shape index (κ1) is 15.8. The highest BCUT2D eigenvalue weighted by atomic mass is 35.5. The quantitative estimate of drug-likeness (QED) is 0.775. The van der Waals surface area contributed by atoms with E-state index in [0.29, 0.717) is 17.1 Å². The molecule has 1 aromatic carbocycles. The van der Waals surface area contributed by atoms with Crippen LogP contribution in [0, 0.1) is 11.8 Å². The zero-order chi connectivity index (χ0) is 15.4. The van der Waals surface area contributed by atoms with E-state index in [-0.39, 0.29) is 17.7 Å². The monoisotopic (exact) mass is 310 g/mol. The van der Waals surface area contributed by atoms with Gasteiger partial charge in [-0.2, -0.15) is 0 Å². The number of carbonyl (C=O) groups excluding carboxylic acids is 1. The molecular weight excluding hydrogens is 292 g/mol. The smallest absolute Gasteiger partial charge is 0.330 e. The van der Waals surface area contributed by atoms with Crippen LogP contribution in [0.25, 0.3) is 0 Å².